The molecule has 3 atom stereocenters. The molecule has 1 fully saturated rings. The van der Waals surface area contributed by atoms with Crippen molar-refractivity contribution in [2.24, 2.45) is 11.8 Å². The highest BCUT2D eigenvalue weighted by Crippen LogP contribution is 2.31. The molecule has 0 aliphatic carbocycles. The van der Waals surface area contributed by atoms with Crippen LogP contribution in [0.15, 0.2) is 42.5 Å². The van der Waals surface area contributed by atoms with E-state index in [0.717, 1.165) is 49.2 Å². The van der Waals surface area contributed by atoms with E-state index in [1.54, 1.807) is 0 Å². The maximum absolute atomic E-state index is 13.2. The van der Waals surface area contributed by atoms with Gasteiger partial charge in [0.1, 0.15) is 6.10 Å². The SMILES string of the molecule is CCC(CNC(=O)c1ccc(C)c(C(OCCCC(=O)OC)c2cccc(Cl)c2)c1)C[C@H]1CCCOC1. The molecule has 6 nitrogen and oxygen atoms in total. The van der Waals surface area contributed by atoms with Gasteiger partial charge in [-0.3, -0.25) is 9.59 Å². The number of amides is 1. The third-order valence-corrected chi connectivity index (χ3v) is 7.30. The lowest BCUT2D eigenvalue weighted by molar-refractivity contribution is -0.141. The van der Waals surface area contributed by atoms with E-state index in [1.807, 2.05) is 49.4 Å². The summed E-state index contributed by atoms with van der Waals surface area (Å²) < 4.78 is 16.6. The first kappa shape index (κ1) is 29.2. The van der Waals surface area contributed by atoms with Crippen molar-refractivity contribution < 1.29 is 23.8 Å². The lowest BCUT2D eigenvalue weighted by Gasteiger charge is -2.26. The predicted molar refractivity (Wildman–Crippen MR) is 146 cm³/mol. The minimum atomic E-state index is -0.418. The van der Waals surface area contributed by atoms with Crippen LogP contribution in [0, 0.1) is 18.8 Å². The Bertz CT molecular complexity index is 1020. The summed E-state index contributed by atoms with van der Waals surface area (Å²) in [7, 11) is 1.38. The second kappa shape index (κ2) is 15.1. The van der Waals surface area contributed by atoms with Gasteiger partial charge >= 0.3 is 5.97 Å². The van der Waals surface area contributed by atoms with Crippen LogP contribution in [0.3, 0.4) is 0 Å². The Kier molecular flexibility index (Phi) is 11.9. The largest absolute Gasteiger partial charge is 0.469 e. The Hall–Kier alpha value is -2.41. The number of carbonyl (C=O) groups excluding carboxylic acids is 2. The molecule has 2 aromatic carbocycles. The molecule has 0 bridgehead atoms. The number of esters is 1. The molecule has 1 N–H and O–H groups in total. The molecule has 1 amide bonds. The minimum Gasteiger partial charge on any atom is -0.469 e. The zero-order valence-corrected chi connectivity index (χ0v) is 23.0. The highest BCUT2D eigenvalue weighted by atomic mass is 35.5. The number of methoxy groups -OCH3 is 1. The van der Waals surface area contributed by atoms with Crippen LogP contribution in [0.2, 0.25) is 5.02 Å². The van der Waals surface area contributed by atoms with E-state index < -0.39 is 6.10 Å². The Morgan fingerprint density at radius 3 is 2.76 bits per heavy atom. The number of aryl methyl sites for hydroxylation is 1. The molecule has 1 aliphatic heterocycles. The Morgan fingerprint density at radius 2 is 2.05 bits per heavy atom. The van der Waals surface area contributed by atoms with Crippen LogP contribution >= 0.6 is 11.6 Å². The molecular weight excluding hydrogens is 490 g/mol. The first-order chi connectivity index (χ1) is 17.9. The molecular formula is C30H40ClNO5. The van der Waals surface area contributed by atoms with Gasteiger partial charge in [0.25, 0.3) is 5.91 Å². The van der Waals surface area contributed by atoms with Gasteiger partial charge in [0.2, 0.25) is 0 Å². The summed E-state index contributed by atoms with van der Waals surface area (Å²) in [5.74, 6) is 0.656. The van der Waals surface area contributed by atoms with Crippen molar-refractivity contribution in [2.45, 2.75) is 58.5 Å². The van der Waals surface area contributed by atoms with E-state index in [1.165, 1.54) is 13.5 Å². The minimum absolute atomic E-state index is 0.0878. The number of hydrogen-bond acceptors (Lipinski definition) is 5. The summed E-state index contributed by atoms with van der Waals surface area (Å²) in [6.45, 7) is 6.90. The van der Waals surface area contributed by atoms with Gasteiger partial charge in [-0.2, -0.15) is 0 Å². The molecule has 2 unspecified atom stereocenters. The summed E-state index contributed by atoms with van der Waals surface area (Å²) in [6.07, 6.45) is 4.82. The van der Waals surface area contributed by atoms with Crippen LogP contribution in [0.25, 0.3) is 0 Å². The molecule has 1 saturated heterocycles. The standard InChI is InChI=1S/C30H40ClNO5/c1-4-22(16-23-8-6-14-36-20-23)19-32-30(34)25-13-12-21(2)27(18-25)29(24-9-5-10-26(31)17-24)37-15-7-11-28(33)35-3/h5,9-10,12-13,17-18,22-23,29H,4,6-8,11,14-16,19-20H2,1-3H3,(H,32,34)/t22?,23-,29?/m1/s1. The van der Waals surface area contributed by atoms with Gasteiger partial charge in [0, 0.05) is 43.4 Å². The summed E-state index contributed by atoms with van der Waals surface area (Å²) in [6, 6.07) is 13.3. The van der Waals surface area contributed by atoms with E-state index in [2.05, 4.69) is 12.2 Å². The van der Waals surface area contributed by atoms with Crippen LogP contribution in [0.4, 0.5) is 0 Å². The number of halogens is 1. The number of carbonyl (C=O) groups is 2. The zero-order valence-electron chi connectivity index (χ0n) is 22.3. The van der Waals surface area contributed by atoms with Gasteiger partial charge < -0.3 is 19.5 Å². The second-order valence-corrected chi connectivity index (χ2v) is 10.3. The van der Waals surface area contributed by atoms with Gasteiger partial charge in [-0.15, -0.1) is 0 Å². The fourth-order valence-corrected chi connectivity index (χ4v) is 5.02. The van der Waals surface area contributed by atoms with Crippen molar-refractivity contribution in [1.82, 2.24) is 5.32 Å². The van der Waals surface area contributed by atoms with Crippen molar-refractivity contribution in [3.63, 3.8) is 0 Å². The molecule has 37 heavy (non-hydrogen) atoms. The molecule has 7 heteroatoms. The molecule has 0 saturated carbocycles. The van der Waals surface area contributed by atoms with Gasteiger partial charge in [0.05, 0.1) is 7.11 Å². The maximum atomic E-state index is 13.2. The highest BCUT2D eigenvalue weighted by molar-refractivity contribution is 6.30. The molecule has 2 aromatic rings. The molecule has 0 aromatic heterocycles. The summed E-state index contributed by atoms with van der Waals surface area (Å²) in [4.78, 5) is 24.7. The van der Waals surface area contributed by atoms with Crippen LogP contribution in [0.5, 0.6) is 0 Å². The van der Waals surface area contributed by atoms with E-state index in [9.17, 15) is 9.59 Å². The van der Waals surface area contributed by atoms with Crippen molar-refractivity contribution in [3.8, 4) is 0 Å². The topological polar surface area (TPSA) is 73.9 Å². The van der Waals surface area contributed by atoms with E-state index >= 15 is 0 Å². The van der Waals surface area contributed by atoms with Gasteiger partial charge in [-0.25, -0.2) is 0 Å². The number of benzene rings is 2. The van der Waals surface area contributed by atoms with Gasteiger partial charge in [-0.1, -0.05) is 43.1 Å². The number of ether oxygens (including phenoxy) is 3. The van der Waals surface area contributed by atoms with Crippen LogP contribution in [0.1, 0.15) is 78.6 Å². The van der Waals surface area contributed by atoms with Crippen molar-refractivity contribution in [3.05, 3.63) is 69.7 Å². The van der Waals surface area contributed by atoms with Crippen LogP contribution in [-0.2, 0) is 19.0 Å². The van der Waals surface area contributed by atoms with Gasteiger partial charge in [-0.05, 0) is 85.4 Å². The van der Waals surface area contributed by atoms with E-state index in [-0.39, 0.29) is 18.3 Å². The van der Waals surface area contributed by atoms with E-state index in [4.69, 9.17) is 25.8 Å². The van der Waals surface area contributed by atoms with E-state index in [0.29, 0.717) is 42.0 Å². The van der Waals surface area contributed by atoms with Gasteiger partial charge in [0.15, 0.2) is 0 Å². The smallest absolute Gasteiger partial charge is 0.305 e. The molecule has 0 spiro atoms. The second-order valence-electron chi connectivity index (χ2n) is 9.86. The molecule has 1 heterocycles. The average molecular weight is 530 g/mol. The molecule has 202 valence electrons. The van der Waals surface area contributed by atoms with Crippen LogP contribution < -0.4 is 5.32 Å². The zero-order chi connectivity index (χ0) is 26.6. The maximum Gasteiger partial charge on any atom is 0.305 e. The monoisotopic (exact) mass is 529 g/mol. The molecule has 3 rings (SSSR count). The van der Waals surface area contributed by atoms with Crippen molar-refractivity contribution in [2.75, 3.05) is 33.5 Å². The predicted octanol–water partition coefficient (Wildman–Crippen LogP) is 6.28. The Labute approximate surface area is 226 Å². The number of nitrogens with one attached hydrogen (secondary N) is 1. The lowest BCUT2D eigenvalue weighted by Crippen LogP contribution is -2.31. The number of hydrogen-bond donors (Lipinski definition) is 1. The third-order valence-electron chi connectivity index (χ3n) is 7.06. The van der Waals surface area contributed by atoms with Crippen molar-refractivity contribution in [1.29, 1.82) is 0 Å². The first-order valence-corrected chi connectivity index (χ1v) is 13.7. The quantitative estimate of drug-likeness (QED) is 0.244. The number of rotatable bonds is 13. The summed E-state index contributed by atoms with van der Waals surface area (Å²) in [5.41, 5.74) is 3.41. The van der Waals surface area contributed by atoms with Crippen LogP contribution in [-0.4, -0.2) is 45.4 Å². The normalized spacial score (nSPS) is 17.1. The fraction of sp³-hybridized carbons (Fsp3) is 0.533. The summed E-state index contributed by atoms with van der Waals surface area (Å²) >= 11 is 6.29. The Morgan fingerprint density at radius 1 is 1.22 bits per heavy atom. The molecule has 0 radical (unpaired) electrons. The summed E-state index contributed by atoms with van der Waals surface area (Å²) in [5, 5.41) is 3.76. The Balaban J connectivity index is 1.72. The fourth-order valence-electron chi connectivity index (χ4n) is 4.82. The average Bonchev–Trinajstić information content (AvgIpc) is 2.91. The lowest BCUT2D eigenvalue weighted by atomic mass is 9.89. The third kappa shape index (κ3) is 9.13. The van der Waals surface area contributed by atoms with Crippen molar-refractivity contribution >= 4 is 23.5 Å². The molecule has 1 aliphatic rings. The first-order valence-electron chi connectivity index (χ1n) is 13.3. The highest BCUT2D eigenvalue weighted by Gasteiger charge is 2.22.